The molecule has 0 amide bonds. The van der Waals surface area contributed by atoms with Crippen molar-refractivity contribution in [3.05, 3.63) is 59.7 Å². The average Bonchev–Trinajstić information content (AvgIpc) is 3.25. The Morgan fingerprint density at radius 3 is 2.52 bits per heavy atom. The lowest BCUT2D eigenvalue weighted by Crippen LogP contribution is -2.40. The highest BCUT2D eigenvalue weighted by Gasteiger charge is 2.42. The van der Waals surface area contributed by atoms with Crippen LogP contribution in [-0.4, -0.2) is 35.2 Å². The highest BCUT2D eigenvalue weighted by molar-refractivity contribution is 5.90. The normalized spacial score (nSPS) is 11.9. The maximum Gasteiger partial charge on any atom is 0.334 e. The van der Waals surface area contributed by atoms with Crippen LogP contribution in [0.25, 0.3) is 22.2 Å². The van der Waals surface area contributed by atoms with E-state index in [-0.39, 0.29) is 11.2 Å². The predicted molar refractivity (Wildman–Crippen MR) is 98.0 cm³/mol. The molecule has 0 radical (unpaired) electrons. The van der Waals surface area contributed by atoms with Gasteiger partial charge in [-0.3, -0.25) is 20.2 Å². The fourth-order valence-corrected chi connectivity index (χ4v) is 2.97. The third-order valence-corrected chi connectivity index (χ3v) is 4.39. The number of aromatic nitrogens is 6. The van der Waals surface area contributed by atoms with E-state index < -0.39 is 28.6 Å². The van der Waals surface area contributed by atoms with Gasteiger partial charge in [0.2, 0.25) is 0 Å². The van der Waals surface area contributed by atoms with Gasteiger partial charge in [-0.25, -0.2) is 4.39 Å². The zero-order chi connectivity index (χ0) is 20.9. The molecule has 4 aromatic rings. The molecule has 0 unspecified atom stereocenters. The summed E-state index contributed by atoms with van der Waals surface area (Å²) in [7, 11) is 3.28. The molecule has 0 aliphatic carbocycles. The van der Waals surface area contributed by atoms with E-state index >= 15 is 8.78 Å². The van der Waals surface area contributed by atoms with Crippen LogP contribution in [-0.2, 0) is 20.0 Å². The number of rotatable bonds is 3. The number of aryl methyl sites for hydroxylation is 2. The Balaban J connectivity index is 1.81. The van der Waals surface area contributed by atoms with E-state index in [1.807, 2.05) is 0 Å². The lowest BCUT2D eigenvalue weighted by molar-refractivity contribution is 0.0656. The lowest BCUT2D eigenvalue weighted by atomic mass is 10.0. The molecule has 3 aromatic heterocycles. The molecule has 0 saturated heterocycles. The monoisotopic (exact) mass is 400 g/mol. The van der Waals surface area contributed by atoms with Gasteiger partial charge in [-0.1, -0.05) is 0 Å². The Labute approximate surface area is 161 Å². The van der Waals surface area contributed by atoms with Crippen molar-refractivity contribution in [3.63, 3.8) is 0 Å². The minimum atomic E-state index is -4.03. The van der Waals surface area contributed by atoms with Crippen LogP contribution in [0.2, 0.25) is 0 Å². The van der Waals surface area contributed by atoms with Gasteiger partial charge in [0.1, 0.15) is 11.3 Å². The predicted octanol–water partition coefficient (Wildman–Crippen LogP) is 2.41. The summed E-state index contributed by atoms with van der Waals surface area (Å²) in [4.78, 5) is 0. The van der Waals surface area contributed by atoms with Crippen molar-refractivity contribution in [2.45, 2.75) is 5.92 Å². The number of benzene rings is 1. The van der Waals surface area contributed by atoms with Crippen LogP contribution in [0.5, 0.6) is 0 Å². The van der Waals surface area contributed by atoms with Crippen LogP contribution < -0.4 is 5.49 Å². The number of fused-ring (bicyclic) bond motifs is 1. The van der Waals surface area contributed by atoms with Gasteiger partial charge in [-0.15, -0.1) is 0 Å². The average molecular weight is 400 g/mol. The molecule has 1 aromatic carbocycles. The third kappa shape index (κ3) is 3.10. The van der Waals surface area contributed by atoms with Crippen molar-refractivity contribution in [3.8, 4) is 11.3 Å². The van der Waals surface area contributed by atoms with Crippen molar-refractivity contribution in [1.29, 1.82) is 10.8 Å². The summed E-state index contributed by atoms with van der Waals surface area (Å²) in [5, 5.41) is 28.2. The molecule has 8 nitrogen and oxygen atoms in total. The van der Waals surface area contributed by atoms with Gasteiger partial charge >= 0.3 is 5.92 Å². The lowest BCUT2D eigenvalue weighted by Gasteiger charge is -2.19. The molecule has 3 heterocycles. The topological polar surface area (TPSA) is 101 Å². The van der Waals surface area contributed by atoms with Crippen LogP contribution in [0.15, 0.2) is 42.9 Å². The maximum absolute atomic E-state index is 15.1. The van der Waals surface area contributed by atoms with E-state index in [1.165, 1.54) is 33.9 Å². The van der Waals surface area contributed by atoms with Crippen LogP contribution >= 0.6 is 0 Å². The summed E-state index contributed by atoms with van der Waals surface area (Å²) in [6, 6.07) is 4.56. The van der Waals surface area contributed by atoms with E-state index in [0.29, 0.717) is 15.6 Å². The number of halogens is 3. The molecular weight excluding hydrogens is 385 g/mol. The Morgan fingerprint density at radius 2 is 1.83 bits per heavy atom. The molecule has 0 bridgehead atoms. The van der Waals surface area contributed by atoms with E-state index in [0.717, 1.165) is 12.1 Å². The Morgan fingerprint density at radius 1 is 1.07 bits per heavy atom. The zero-order valence-corrected chi connectivity index (χ0v) is 15.4. The van der Waals surface area contributed by atoms with Gasteiger partial charge in [0.15, 0.2) is 5.84 Å². The summed E-state index contributed by atoms with van der Waals surface area (Å²) < 4.78 is 48.0. The first-order valence-corrected chi connectivity index (χ1v) is 8.41. The fraction of sp³-hybridized carbons (Fsp3) is 0.167. The second-order valence-corrected chi connectivity index (χ2v) is 6.53. The van der Waals surface area contributed by atoms with Gasteiger partial charge in [0, 0.05) is 43.5 Å². The zero-order valence-electron chi connectivity index (χ0n) is 15.4. The van der Waals surface area contributed by atoms with Gasteiger partial charge in [0.05, 0.1) is 23.0 Å². The van der Waals surface area contributed by atoms with Gasteiger partial charge in [-0.05, 0) is 18.2 Å². The highest BCUT2D eigenvalue weighted by atomic mass is 19.3. The minimum absolute atomic E-state index is 0.224. The summed E-state index contributed by atoms with van der Waals surface area (Å²) in [6.45, 7) is 0. The van der Waals surface area contributed by atoms with Crippen LogP contribution in [0.1, 0.15) is 5.56 Å². The van der Waals surface area contributed by atoms with Crippen LogP contribution in [0, 0.1) is 16.6 Å². The van der Waals surface area contributed by atoms with Gasteiger partial charge in [-0.2, -0.15) is 28.8 Å². The first kappa shape index (κ1) is 18.6. The van der Waals surface area contributed by atoms with Gasteiger partial charge in [0.25, 0.3) is 0 Å². The molecular formula is C18H15F3N8. The first-order chi connectivity index (χ1) is 13.7. The number of alkyl halides is 2. The number of hydrogen-bond donors (Lipinski definition) is 2. The highest BCUT2D eigenvalue weighted by Crippen LogP contribution is 2.33. The molecule has 0 aliphatic heterocycles. The van der Waals surface area contributed by atoms with E-state index in [2.05, 4.69) is 15.3 Å². The van der Waals surface area contributed by atoms with E-state index in [4.69, 9.17) is 10.8 Å². The Hall–Kier alpha value is -3.76. The van der Waals surface area contributed by atoms with Crippen molar-refractivity contribution < 1.29 is 13.2 Å². The Bertz CT molecular complexity index is 1310. The second kappa shape index (κ2) is 6.40. The van der Waals surface area contributed by atoms with Crippen molar-refractivity contribution in [1.82, 2.24) is 29.3 Å². The second-order valence-electron chi connectivity index (χ2n) is 6.53. The molecule has 11 heteroatoms. The quantitative estimate of drug-likeness (QED) is 0.408. The van der Waals surface area contributed by atoms with Gasteiger partial charge < -0.3 is 0 Å². The third-order valence-electron chi connectivity index (χ3n) is 4.39. The maximum atomic E-state index is 15.1. The molecule has 0 spiro atoms. The van der Waals surface area contributed by atoms with Crippen molar-refractivity contribution in [2.75, 3.05) is 0 Å². The minimum Gasteiger partial charge on any atom is -0.283 e. The first-order valence-electron chi connectivity index (χ1n) is 8.41. The Kier molecular flexibility index (Phi) is 4.10. The number of nitrogens with one attached hydrogen (secondary N) is 2. The molecule has 148 valence electrons. The molecule has 0 fully saturated rings. The molecule has 4 rings (SSSR count). The molecule has 0 saturated carbocycles. The summed E-state index contributed by atoms with van der Waals surface area (Å²) in [6.07, 6.45) is 4.57. The largest absolute Gasteiger partial charge is 0.334 e. The van der Waals surface area contributed by atoms with E-state index in [1.54, 1.807) is 20.3 Å². The van der Waals surface area contributed by atoms with E-state index in [9.17, 15) is 4.39 Å². The molecule has 0 atom stereocenters. The number of nitrogens with zero attached hydrogens (tertiary/aromatic N) is 6. The van der Waals surface area contributed by atoms with Crippen LogP contribution in [0.4, 0.5) is 13.2 Å². The SMILES string of the molecule is Cn1cc(-c2ccc(=N)n(C(=N)C(F)(F)c3cc4cn(C)nc4cc3F)n2)cn1. The molecule has 29 heavy (non-hydrogen) atoms. The summed E-state index contributed by atoms with van der Waals surface area (Å²) >= 11 is 0. The van der Waals surface area contributed by atoms with Crippen molar-refractivity contribution >= 4 is 16.7 Å². The summed E-state index contributed by atoms with van der Waals surface area (Å²) in [5.74, 6) is -6.56. The van der Waals surface area contributed by atoms with Crippen LogP contribution in [0.3, 0.4) is 0 Å². The standard InChI is InChI=1S/C18H15F3N8/c1-27-9-11(7-24-27)14-3-4-16(22)29(26-14)17(23)18(20,21)12-5-10-8-28(2)25-15(10)6-13(12)19/h3-9,22-23H,1-2H3. The molecule has 0 aliphatic rings. The summed E-state index contributed by atoms with van der Waals surface area (Å²) in [5.41, 5.74) is -0.423. The fourth-order valence-electron chi connectivity index (χ4n) is 2.97. The smallest absolute Gasteiger partial charge is 0.283 e. The number of hydrogen-bond acceptors (Lipinski definition) is 5. The van der Waals surface area contributed by atoms with Crippen molar-refractivity contribution in [2.24, 2.45) is 14.1 Å². The molecule has 2 N–H and O–H groups in total.